The van der Waals surface area contributed by atoms with Crippen LogP contribution in [0.4, 0.5) is 21.9 Å². The molecular formula is C29H30N4O6S. The molecular weight excluding hydrogens is 532 g/mol. The summed E-state index contributed by atoms with van der Waals surface area (Å²) in [6.07, 6.45) is 0. The van der Waals surface area contributed by atoms with Crippen LogP contribution in [0.15, 0.2) is 59.3 Å². The van der Waals surface area contributed by atoms with Crippen LogP contribution in [-0.4, -0.2) is 53.8 Å². The number of amides is 4. The number of aryl methyl sites for hydroxylation is 1. The molecule has 1 aliphatic heterocycles. The van der Waals surface area contributed by atoms with Gasteiger partial charge in [0.15, 0.2) is 5.78 Å². The third-order valence-corrected chi connectivity index (χ3v) is 7.03. The van der Waals surface area contributed by atoms with Crippen molar-refractivity contribution < 1.29 is 29.1 Å². The standard InChI is InChI=1S/C29H30N4O6S/c1-17-8-9-22-23(12-17)32(15-24(34)19-10-11-40-16-19)25(35)21(14-33(22)27(38)29(2,3)4)31-28(39)30-20-7-5-6-18(13-20)26(36)37/h5-13,16,21H,14-15H2,1-4H3,(H,36,37)(H2,30,31,39). The molecule has 11 heteroatoms. The maximum atomic E-state index is 14.0. The van der Waals surface area contributed by atoms with E-state index in [9.17, 15) is 29.1 Å². The molecule has 10 nitrogen and oxygen atoms in total. The van der Waals surface area contributed by atoms with Crippen LogP contribution in [0.1, 0.15) is 47.1 Å². The van der Waals surface area contributed by atoms with Gasteiger partial charge < -0.3 is 25.5 Å². The number of fused-ring (bicyclic) bond motifs is 1. The van der Waals surface area contributed by atoms with Crippen LogP contribution in [0.2, 0.25) is 0 Å². The van der Waals surface area contributed by atoms with Crippen LogP contribution < -0.4 is 20.4 Å². The molecule has 0 saturated carbocycles. The van der Waals surface area contributed by atoms with Crippen LogP contribution >= 0.6 is 11.3 Å². The Labute approximate surface area is 235 Å². The average Bonchev–Trinajstić information content (AvgIpc) is 3.41. The van der Waals surface area contributed by atoms with Gasteiger partial charge in [0.25, 0.3) is 5.91 Å². The zero-order chi connectivity index (χ0) is 29.2. The number of nitrogens with one attached hydrogen (secondary N) is 2. The highest BCUT2D eigenvalue weighted by molar-refractivity contribution is 7.08. The second-order valence-electron chi connectivity index (χ2n) is 10.6. The first-order chi connectivity index (χ1) is 18.8. The monoisotopic (exact) mass is 562 g/mol. The minimum Gasteiger partial charge on any atom is -0.478 e. The summed E-state index contributed by atoms with van der Waals surface area (Å²) in [4.78, 5) is 67.9. The molecule has 1 atom stereocenters. The van der Waals surface area contributed by atoms with Crippen molar-refractivity contribution >= 4 is 58.0 Å². The molecule has 4 amide bonds. The number of carbonyl (C=O) groups excluding carboxylic acids is 4. The van der Waals surface area contributed by atoms with Crippen molar-refractivity contribution in [2.45, 2.75) is 33.7 Å². The van der Waals surface area contributed by atoms with Crippen molar-refractivity contribution in [3.05, 3.63) is 76.0 Å². The fourth-order valence-corrected chi connectivity index (χ4v) is 4.99. The molecule has 0 fully saturated rings. The third-order valence-electron chi connectivity index (χ3n) is 6.35. The molecule has 2 heterocycles. The Kier molecular flexibility index (Phi) is 8.06. The average molecular weight is 563 g/mol. The van der Waals surface area contributed by atoms with Crippen molar-refractivity contribution in [1.82, 2.24) is 5.32 Å². The normalized spacial score (nSPS) is 15.2. The lowest BCUT2D eigenvalue weighted by Gasteiger charge is -2.31. The Morgan fingerprint density at radius 2 is 1.77 bits per heavy atom. The molecule has 0 radical (unpaired) electrons. The summed E-state index contributed by atoms with van der Waals surface area (Å²) in [6.45, 7) is 6.68. The van der Waals surface area contributed by atoms with Crippen molar-refractivity contribution in [2.75, 3.05) is 28.2 Å². The number of urea groups is 1. The SMILES string of the molecule is Cc1ccc2c(c1)N(CC(=O)c1ccsc1)C(=O)C(NC(=O)Nc1cccc(C(=O)O)c1)CN2C(=O)C(C)(C)C. The Morgan fingerprint density at radius 3 is 2.42 bits per heavy atom. The number of hydrogen-bond acceptors (Lipinski definition) is 6. The number of rotatable bonds is 6. The Balaban J connectivity index is 1.72. The van der Waals surface area contributed by atoms with E-state index in [2.05, 4.69) is 10.6 Å². The number of anilines is 3. The van der Waals surface area contributed by atoms with Gasteiger partial charge in [0.1, 0.15) is 6.04 Å². The van der Waals surface area contributed by atoms with E-state index >= 15 is 0 Å². The quantitative estimate of drug-likeness (QED) is 0.377. The summed E-state index contributed by atoms with van der Waals surface area (Å²) in [7, 11) is 0. The molecule has 1 unspecified atom stereocenters. The van der Waals surface area contributed by atoms with Crippen LogP contribution in [-0.2, 0) is 9.59 Å². The van der Waals surface area contributed by atoms with Crippen LogP contribution in [0, 0.1) is 12.3 Å². The van der Waals surface area contributed by atoms with Crippen molar-refractivity contribution in [3.8, 4) is 0 Å². The molecule has 0 bridgehead atoms. The number of carboxylic acids is 1. The van der Waals surface area contributed by atoms with Gasteiger partial charge in [-0.25, -0.2) is 9.59 Å². The minimum absolute atomic E-state index is 0.0192. The van der Waals surface area contributed by atoms with Gasteiger partial charge in [-0.15, -0.1) is 0 Å². The second kappa shape index (κ2) is 11.3. The van der Waals surface area contributed by atoms with Crippen LogP contribution in [0.3, 0.4) is 0 Å². The lowest BCUT2D eigenvalue weighted by atomic mass is 9.94. The van der Waals surface area contributed by atoms with E-state index in [4.69, 9.17) is 0 Å². The van der Waals surface area contributed by atoms with Gasteiger partial charge in [0.2, 0.25) is 5.91 Å². The topological polar surface area (TPSA) is 136 Å². The fourth-order valence-electron chi connectivity index (χ4n) is 4.32. The van der Waals surface area contributed by atoms with E-state index in [1.165, 1.54) is 45.4 Å². The molecule has 0 aliphatic carbocycles. The van der Waals surface area contributed by atoms with E-state index in [1.807, 2.05) is 13.0 Å². The minimum atomic E-state index is -1.21. The number of nitrogens with zero attached hydrogens (tertiary/aromatic N) is 2. The third kappa shape index (κ3) is 6.20. The highest BCUT2D eigenvalue weighted by Crippen LogP contribution is 2.36. The van der Waals surface area contributed by atoms with Gasteiger partial charge in [-0.05, 0) is 54.3 Å². The molecule has 0 spiro atoms. The van der Waals surface area contributed by atoms with Crippen LogP contribution in [0.25, 0.3) is 0 Å². The Bertz CT molecular complexity index is 1480. The molecule has 40 heavy (non-hydrogen) atoms. The largest absolute Gasteiger partial charge is 0.478 e. The highest BCUT2D eigenvalue weighted by atomic mass is 32.1. The maximum absolute atomic E-state index is 14.0. The number of ketones is 1. The predicted molar refractivity (Wildman–Crippen MR) is 153 cm³/mol. The zero-order valence-corrected chi connectivity index (χ0v) is 23.4. The zero-order valence-electron chi connectivity index (χ0n) is 22.6. The summed E-state index contributed by atoms with van der Waals surface area (Å²) >= 11 is 1.36. The van der Waals surface area contributed by atoms with Gasteiger partial charge in [-0.1, -0.05) is 32.9 Å². The molecule has 2 aromatic carbocycles. The summed E-state index contributed by atoms with van der Waals surface area (Å²) < 4.78 is 0. The first kappa shape index (κ1) is 28.5. The number of carbonyl (C=O) groups is 5. The van der Waals surface area contributed by atoms with Gasteiger partial charge in [-0.2, -0.15) is 11.3 Å². The number of carboxylic acid groups (broad SMARTS) is 1. The summed E-state index contributed by atoms with van der Waals surface area (Å²) in [5, 5.41) is 17.9. The first-order valence-corrected chi connectivity index (χ1v) is 13.5. The number of hydrogen-bond donors (Lipinski definition) is 3. The van der Waals surface area contributed by atoms with E-state index in [0.29, 0.717) is 16.9 Å². The lowest BCUT2D eigenvalue weighted by Crippen LogP contribution is -2.55. The Hall–Kier alpha value is -4.51. The van der Waals surface area contributed by atoms with E-state index in [1.54, 1.807) is 49.7 Å². The molecule has 3 aromatic rings. The molecule has 0 saturated heterocycles. The highest BCUT2D eigenvalue weighted by Gasteiger charge is 2.40. The summed E-state index contributed by atoms with van der Waals surface area (Å²) in [5.41, 5.74) is 1.51. The number of aromatic carboxylic acids is 1. The van der Waals surface area contributed by atoms with E-state index in [-0.39, 0.29) is 36.0 Å². The number of benzene rings is 2. The molecule has 4 rings (SSSR count). The fraction of sp³-hybridized carbons (Fsp3) is 0.276. The summed E-state index contributed by atoms with van der Waals surface area (Å²) in [6, 6.07) is 10.7. The van der Waals surface area contributed by atoms with Crippen LogP contribution in [0.5, 0.6) is 0 Å². The molecule has 1 aliphatic rings. The van der Waals surface area contributed by atoms with Crippen molar-refractivity contribution in [1.29, 1.82) is 0 Å². The smallest absolute Gasteiger partial charge is 0.335 e. The van der Waals surface area contributed by atoms with E-state index < -0.39 is 29.4 Å². The molecule has 1 aromatic heterocycles. The van der Waals surface area contributed by atoms with Gasteiger partial charge in [-0.3, -0.25) is 14.4 Å². The molecule has 3 N–H and O–H groups in total. The molecule has 208 valence electrons. The Morgan fingerprint density at radius 1 is 1.02 bits per heavy atom. The number of Topliss-reactive ketones (excluding diaryl/α,β-unsaturated/α-hetero) is 1. The van der Waals surface area contributed by atoms with E-state index in [0.717, 1.165) is 5.56 Å². The number of thiophene rings is 1. The lowest BCUT2D eigenvalue weighted by molar-refractivity contribution is -0.126. The predicted octanol–water partition coefficient (Wildman–Crippen LogP) is 4.55. The summed E-state index contributed by atoms with van der Waals surface area (Å²) in [5.74, 6) is -2.27. The second-order valence-corrected chi connectivity index (χ2v) is 11.3. The van der Waals surface area contributed by atoms with Gasteiger partial charge in [0, 0.05) is 22.0 Å². The van der Waals surface area contributed by atoms with Crippen molar-refractivity contribution in [3.63, 3.8) is 0 Å². The van der Waals surface area contributed by atoms with Gasteiger partial charge in [0.05, 0.1) is 30.0 Å². The maximum Gasteiger partial charge on any atom is 0.335 e. The van der Waals surface area contributed by atoms with Gasteiger partial charge >= 0.3 is 12.0 Å². The first-order valence-electron chi connectivity index (χ1n) is 12.6. The van der Waals surface area contributed by atoms with Crippen molar-refractivity contribution in [2.24, 2.45) is 5.41 Å².